The number of nitrogens with one attached hydrogen (secondary N) is 1. The zero-order valence-corrected chi connectivity index (χ0v) is 12.5. The maximum atomic E-state index is 11.2. The molecule has 2 rings (SSSR count). The van der Waals surface area contributed by atoms with E-state index in [4.69, 9.17) is 16.7 Å². The summed E-state index contributed by atoms with van der Waals surface area (Å²) in [5, 5.41) is 12.8. The Morgan fingerprint density at radius 2 is 2.20 bits per heavy atom. The van der Waals surface area contributed by atoms with Crippen molar-refractivity contribution in [3.63, 3.8) is 0 Å². The molecule has 2 aromatic rings. The number of carboxylic acid groups (broad SMARTS) is 1. The van der Waals surface area contributed by atoms with Crippen LogP contribution in [0.5, 0.6) is 0 Å². The lowest BCUT2D eigenvalue weighted by molar-refractivity contribution is -0.140. The summed E-state index contributed by atoms with van der Waals surface area (Å²) in [6, 6.07) is 4.94. The Balaban J connectivity index is 2.21. The minimum Gasteiger partial charge on any atom is -0.480 e. The Bertz CT molecular complexity index is 637. The largest absolute Gasteiger partial charge is 0.480 e. The third kappa shape index (κ3) is 2.94. The van der Waals surface area contributed by atoms with E-state index in [0.29, 0.717) is 11.6 Å². The molecule has 0 radical (unpaired) electrons. The van der Waals surface area contributed by atoms with E-state index in [1.165, 1.54) is 0 Å². The molecule has 0 unspecified atom stereocenters. The molecule has 5 nitrogen and oxygen atoms in total. The number of aromatic nitrogens is 2. The molecular weight excluding hydrogens is 278 g/mol. The number of nitrogens with zero attached hydrogens (tertiary/aromatic N) is 2. The van der Waals surface area contributed by atoms with E-state index in [2.05, 4.69) is 10.3 Å². The van der Waals surface area contributed by atoms with Crippen LogP contribution in [0.1, 0.15) is 19.7 Å². The van der Waals surface area contributed by atoms with E-state index >= 15 is 0 Å². The van der Waals surface area contributed by atoms with Gasteiger partial charge in [0.1, 0.15) is 11.9 Å². The first-order valence-electron chi connectivity index (χ1n) is 6.47. The molecule has 0 saturated carbocycles. The number of imidazole rings is 1. The number of rotatable bonds is 5. The van der Waals surface area contributed by atoms with Crippen molar-refractivity contribution in [1.29, 1.82) is 0 Å². The third-order valence-corrected chi connectivity index (χ3v) is 3.58. The highest BCUT2D eigenvalue weighted by Gasteiger charge is 2.21. The van der Waals surface area contributed by atoms with Crippen LogP contribution in [0.2, 0.25) is 5.02 Å². The van der Waals surface area contributed by atoms with Crippen LogP contribution in [0.3, 0.4) is 0 Å². The van der Waals surface area contributed by atoms with E-state index < -0.39 is 12.0 Å². The molecule has 6 heteroatoms. The molecule has 0 bridgehead atoms. The summed E-state index contributed by atoms with van der Waals surface area (Å²) in [5.41, 5.74) is 1.79. The quantitative estimate of drug-likeness (QED) is 0.889. The summed E-state index contributed by atoms with van der Waals surface area (Å²) in [4.78, 5) is 15.6. The fraction of sp³-hybridized carbons (Fsp3) is 0.429. The number of carbonyl (C=O) groups is 1. The van der Waals surface area contributed by atoms with Crippen molar-refractivity contribution in [2.45, 2.75) is 26.4 Å². The Morgan fingerprint density at radius 3 is 2.80 bits per heavy atom. The first-order chi connectivity index (χ1) is 9.40. The number of aryl methyl sites for hydroxylation is 1. The molecule has 0 saturated heterocycles. The van der Waals surface area contributed by atoms with Crippen LogP contribution in [0.15, 0.2) is 18.2 Å². The number of fused-ring (bicyclic) bond motifs is 1. The fourth-order valence-electron chi connectivity index (χ4n) is 2.19. The van der Waals surface area contributed by atoms with Gasteiger partial charge in [-0.2, -0.15) is 0 Å². The molecule has 0 amide bonds. The third-order valence-electron chi connectivity index (χ3n) is 3.35. The smallest absolute Gasteiger partial charge is 0.320 e. The summed E-state index contributed by atoms with van der Waals surface area (Å²) in [6.45, 7) is 4.15. The van der Waals surface area contributed by atoms with E-state index in [1.807, 2.05) is 37.6 Å². The summed E-state index contributed by atoms with van der Waals surface area (Å²) in [7, 11) is 1.91. The lowest BCUT2D eigenvalue weighted by atomic mass is 10.1. The molecule has 0 aliphatic rings. The molecule has 1 heterocycles. The van der Waals surface area contributed by atoms with Gasteiger partial charge >= 0.3 is 5.97 Å². The molecule has 1 aromatic heterocycles. The molecular formula is C14H18ClN3O2. The van der Waals surface area contributed by atoms with Gasteiger partial charge in [0.15, 0.2) is 0 Å². The van der Waals surface area contributed by atoms with Gasteiger partial charge in [-0.3, -0.25) is 10.1 Å². The highest BCUT2D eigenvalue weighted by Crippen LogP contribution is 2.19. The van der Waals surface area contributed by atoms with Crippen molar-refractivity contribution in [3.05, 3.63) is 29.0 Å². The van der Waals surface area contributed by atoms with Crippen molar-refractivity contribution in [3.8, 4) is 0 Å². The van der Waals surface area contributed by atoms with Crippen LogP contribution in [0, 0.1) is 5.92 Å². The maximum Gasteiger partial charge on any atom is 0.320 e. The summed E-state index contributed by atoms with van der Waals surface area (Å²) < 4.78 is 1.94. The van der Waals surface area contributed by atoms with Gasteiger partial charge in [-0.1, -0.05) is 25.4 Å². The monoisotopic (exact) mass is 295 g/mol. The summed E-state index contributed by atoms with van der Waals surface area (Å²) in [5.74, 6) is -0.0485. The Morgan fingerprint density at radius 1 is 1.50 bits per heavy atom. The molecule has 108 valence electrons. The summed E-state index contributed by atoms with van der Waals surface area (Å²) in [6.07, 6.45) is 0. The average Bonchev–Trinajstić information content (AvgIpc) is 2.65. The lowest BCUT2D eigenvalue weighted by Crippen LogP contribution is -2.40. The molecule has 20 heavy (non-hydrogen) atoms. The standard InChI is InChI=1S/C14H18ClN3O2/c1-8(2)13(14(19)20)16-7-12-17-10-6-9(15)4-5-11(10)18(12)3/h4-6,8,13,16H,7H2,1-3H3,(H,19,20)/t13-/m0/s1. The van der Waals surface area contributed by atoms with Crippen molar-refractivity contribution in [2.75, 3.05) is 0 Å². The predicted octanol–water partition coefficient (Wildman–Crippen LogP) is 2.43. The van der Waals surface area contributed by atoms with Gasteiger partial charge in [0.05, 0.1) is 17.6 Å². The number of hydrogen-bond donors (Lipinski definition) is 2. The van der Waals surface area contributed by atoms with E-state index in [0.717, 1.165) is 16.9 Å². The van der Waals surface area contributed by atoms with Crippen molar-refractivity contribution in [1.82, 2.24) is 14.9 Å². The zero-order chi connectivity index (χ0) is 14.9. The Hall–Kier alpha value is -1.59. The average molecular weight is 296 g/mol. The van der Waals surface area contributed by atoms with Gasteiger partial charge in [-0.25, -0.2) is 4.98 Å². The van der Waals surface area contributed by atoms with E-state index in [1.54, 1.807) is 6.07 Å². The number of aliphatic carboxylic acids is 1. The van der Waals surface area contributed by atoms with Crippen LogP contribution in [0.25, 0.3) is 11.0 Å². The normalized spacial score (nSPS) is 13.1. The van der Waals surface area contributed by atoms with Crippen LogP contribution >= 0.6 is 11.6 Å². The molecule has 2 N–H and O–H groups in total. The van der Waals surface area contributed by atoms with Gasteiger partial charge in [-0.05, 0) is 24.1 Å². The highest BCUT2D eigenvalue weighted by atomic mass is 35.5. The maximum absolute atomic E-state index is 11.2. The highest BCUT2D eigenvalue weighted by molar-refractivity contribution is 6.31. The minimum atomic E-state index is -0.846. The van der Waals surface area contributed by atoms with Crippen LogP contribution < -0.4 is 5.32 Å². The molecule has 1 atom stereocenters. The number of hydrogen-bond acceptors (Lipinski definition) is 3. The number of benzene rings is 1. The summed E-state index contributed by atoms with van der Waals surface area (Å²) >= 11 is 5.95. The lowest BCUT2D eigenvalue weighted by Gasteiger charge is -2.17. The van der Waals surface area contributed by atoms with Gasteiger partial charge < -0.3 is 9.67 Å². The SMILES string of the molecule is CC(C)[C@H](NCc1nc2cc(Cl)ccc2n1C)C(=O)O. The fourth-order valence-corrected chi connectivity index (χ4v) is 2.36. The first kappa shape index (κ1) is 14.8. The molecule has 0 aliphatic heterocycles. The first-order valence-corrected chi connectivity index (χ1v) is 6.85. The predicted molar refractivity (Wildman–Crippen MR) is 78.8 cm³/mol. The minimum absolute atomic E-state index is 0.0108. The van der Waals surface area contributed by atoms with E-state index in [9.17, 15) is 4.79 Å². The van der Waals surface area contributed by atoms with Gasteiger partial charge in [0.2, 0.25) is 0 Å². The van der Waals surface area contributed by atoms with Gasteiger partial charge in [-0.15, -0.1) is 0 Å². The van der Waals surface area contributed by atoms with Gasteiger partial charge in [0, 0.05) is 12.1 Å². The van der Waals surface area contributed by atoms with Crippen molar-refractivity contribution < 1.29 is 9.90 Å². The van der Waals surface area contributed by atoms with Crippen molar-refractivity contribution in [2.24, 2.45) is 13.0 Å². The Kier molecular flexibility index (Phi) is 4.30. The van der Waals surface area contributed by atoms with E-state index in [-0.39, 0.29) is 5.92 Å². The molecule has 0 aliphatic carbocycles. The Labute approximate surface area is 122 Å². The van der Waals surface area contributed by atoms with Gasteiger partial charge in [0.25, 0.3) is 0 Å². The molecule has 0 spiro atoms. The zero-order valence-electron chi connectivity index (χ0n) is 11.7. The van der Waals surface area contributed by atoms with Crippen LogP contribution in [-0.4, -0.2) is 26.7 Å². The van der Waals surface area contributed by atoms with Crippen molar-refractivity contribution >= 4 is 28.6 Å². The second-order valence-electron chi connectivity index (χ2n) is 5.16. The number of carboxylic acids is 1. The number of halogens is 1. The second-order valence-corrected chi connectivity index (χ2v) is 5.60. The molecule has 0 fully saturated rings. The van der Waals surface area contributed by atoms with Crippen LogP contribution in [0.4, 0.5) is 0 Å². The second kappa shape index (κ2) is 5.81. The molecule has 1 aromatic carbocycles. The van der Waals surface area contributed by atoms with Crippen LogP contribution in [-0.2, 0) is 18.4 Å². The topological polar surface area (TPSA) is 67.2 Å².